The molecular weight excluding hydrogens is 406 g/mol. The number of nitrogens with zero attached hydrogens (tertiary/aromatic N) is 2. The minimum atomic E-state index is -0.154. The highest BCUT2D eigenvalue weighted by Gasteiger charge is 2.19. The third kappa shape index (κ3) is 5.86. The maximum Gasteiger partial charge on any atom is 0.246 e. The van der Waals surface area contributed by atoms with Gasteiger partial charge in [-0.3, -0.25) is 4.79 Å². The number of rotatable bonds is 9. The second kappa shape index (κ2) is 10.6. The SMILES string of the molecule is C=C(C)C(=O)NCc1nc(Cc2ccccc2)c(Cc2ccccc2)n1Cc1ccccc1. The van der Waals surface area contributed by atoms with E-state index < -0.39 is 0 Å². The summed E-state index contributed by atoms with van der Waals surface area (Å²) in [6.45, 7) is 6.52. The van der Waals surface area contributed by atoms with Crippen molar-refractivity contribution < 1.29 is 4.79 Å². The molecule has 4 rings (SSSR count). The number of hydrogen-bond donors (Lipinski definition) is 1. The summed E-state index contributed by atoms with van der Waals surface area (Å²) in [7, 11) is 0. The Morgan fingerprint density at radius 3 is 1.88 bits per heavy atom. The van der Waals surface area contributed by atoms with E-state index in [0.29, 0.717) is 18.7 Å². The molecule has 3 aromatic carbocycles. The van der Waals surface area contributed by atoms with Crippen LogP contribution in [0.1, 0.15) is 40.8 Å². The molecule has 1 aromatic heterocycles. The Kier molecular flexibility index (Phi) is 7.16. The van der Waals surface area contributed by atoms with Crippen LogP contribution in [0.25, 0.3) is 0 Å². The lowest BCUT2D eigenvalue weighted by atomic mass is 10.0. The summed E-state index contributed by atoms with van der Waals surface area (Å²) >= 11 is 0. The third-order valence-corrected chi connectivity index (χ3v) is 5.64. The smallest absolute Gasteiger partial charge is 0.246 e. The Balaban J connectivity index is 1.76. The fraction of sp³-hybridized carbons (Fsp3) is 0.172. The molecule has 0 atom stereocenters. The molecule has 0 aliphatic carbocycles. The summed E-state index contributed by atoms with van der Waals surface area (Å²) in [6, 6.07) is 31.2. The number of amides is 1. The summed E-state index contributed by atoms with van der Waals surface area (Å²) < 4.78 is 2.26. The van der Waals surface area contributed by atoms with Crippen LogP contribution in [0.5, 0.6) is 0 Å². The van der Waals surface area contributed by atoms with E-state index in [0.717, 1.165) is 24.4 Å². The van der Waals surface area contributed by atoms with Crippen LogP contribution in [0.15, 0.2) is 103 Å². The van der Waals surface area contributed by atoms with E-state index in [9.17, 15) is 4.79 Å². The zero-order valence-corrected chi connectivity index (χ0v) is 19.0. The predicted octanol–water partition coefficient (Wildman–Crippen LogP) is 5.31. The Morgan fingerprint density at radius 1 is 0.818 bits per heavy atom. The van der Waals surface area contributed by atoms with Crippen LogP contribution in [0.4, 0.5) is 0 Å². The number of imidazole rings is 1. The molecule has 4 aromatic rings. The molecule has 0 aliphatic rings. The lowest BCUT2D eigenvalue weighted by Gasteiger charge is -2.14. The van der Waals surface area contributed by atoms with Gasteiger partial charge >= 0.3 is 0 Å². The van der Waals surface area contributed by atoms with Gasteiger partial charge in [-0.05, 0) is 23.6 Å². The molecule has 0 unspecified atom stereocenters. The second-order valence-corrected chi connectivity index (χ2v) is 8.28. The van der Waals surface area contributed by atoms with Gasteiger partial charge < -0.3 is 9.88 Å². The topological polar surface area (TPSA) is 46.9 Å². The summed E-state index contributed by atoms with van der Waals surface area (Å²) in [5, 5.41) is 2.97. The average Bonchev–Trinajstić information content (AvgIpc) is 3.15. The molecule has 0 bridgehead atoms. The number of carbonyl (C=O) groups is 1. The highest BCUT2D eigenvalue weighted by atomic mass is 16.1. The van der Waals surface area contributed by atoms with E-state index in [4.69, 9.17) is 4.98 Å². The van der Waals surface area contributed by atoms with E-state index in [-0.39, 0.29) is 5.91 Å². The molecule has 1 amide bonds. The Bertz CT molecular complexity index is 1210. The van der Waals surface area contributed by atoms with Crippen molar-refractivity contribution in [3.05, 3.63) is 137 Å². The van der Waals surface area contributed by atoms with Gasteiger partial charge in [-0.1, -0.05) is 97.6 Å². The van der Waals surface area contributed by atoms with Crippen molar-refractivity contribution in [2.45, 2.75) is 32.9 Å². The molecule has 0 saturated heterocycles. The molecule has 0 spiro atoms. The van der Waals surface area contributed by atoms with E-state index in [1.54, 1.807) is 6.92 Å². The number of carbonyl (C=O) groups excluding carboxylic acids is 1. The largest absolute Gasteiger partial charge is 0.345 e. The van der Waals surface area contributed by atoms with Crippen molar-refractivity contribution in [2.24, 2.45) is 0 Å². The summed E-state index contributed by atoms with van der Waals surface area (Å²) in [4.78, 5) is 17.3. The number of hydrogen-bond acceptors (Lipinski definition) is 2. The second-order valence-electron chi connectivity index (χ2n) is 8.28. The monoisotopic (exact) mass is 435 g/mol. The number of benzene rings is 3. The van der Waals surface area contributed by atoms with Crippen LogP contribution in [-0.4, -0.2) is 15.5 Å². The summed E-state index contributed by atoms with van der Waals surface area (Å²) in [6.07, 6.45) is 1.52. The van der Waals surface area contributed by atoms with Crippen LogP contribution in [0.2, 0.25) is 0 Å². The summed E-state index contributed by atoms with van der Waals surface area (Å²) in [5.74, 6) is 0.698. The lowest BCUT2D eigenvalue weighted by Crippen LogP contribution is -2.25. The fourth-order valence-corrected chi connectivity index (χ4v) is 3.91. The highest BCUT2D eigenvalue weighted by Crippen LogP contribution is 2.22. The summed E-state index contributed by atoms with van der Waals surface area (Å²) in [5.41, 5.74) is 6.36. The molecule has 0 radical (unpaired) electrons. The number of nitrogens with one attached hydrogen (secondary N) is 1. The molecule has 1 N–H and O–H groups in total. The van der Waals surface area contributed by atoms with Crippen molar-refractivity contribution in [3.8, 4) is 0 Å². The molecule has 4 heteroatoms. The zero-order valence-electron chi connectivity index (χ0n) is 19.0. The Hall–Kier alpha value is -3.92. The van der Waals surface area contributed by atoms with E-state index in [1.165, 1.54) is 22.4 Å². The predicted molar refractivity (Wildman–Crippen MR) is 133 cm³/mol. The Labute approximate surface area is 195 Å². The molecule has 0 aliphatic heterocycles. The van der Waals surface area contributed by atoms with Crippen LogP contribution >= 0.6 is 0 Å². The van der Waals surface area contributed by atoms with Gasteiger partial charge in [-0.25, -0.2) is 4.98 Å². The highest BCUT2D eigenvalue weighted by molar-refractivity contribution is 5.91. The van der Waals surface area contributed by atoms with Crippen molar-refractivity contribution in [2.75, 3.05) is 0 Å². The van der Waals surface area contributed by atoms with Crippen LogP contribution in [0.3, 0.4) is 0 Å². The van der Waals surface area contributed by atoms with Gasteiger partial charge in [0.25, 0.3) is 0 Å². The van der Waals surface area contributed by atoms with E-state index in [2.05, 4.69) is 89.3 Å². The van der Waals surface area contributed by atoms with E-state index >= 15 is 0 Å². The minimum absolute atomic E-state index is 0.154. The van der Waals surface area contributed by atoms with Crippen LogP contribution in [-0.2, 0) is 30.7 Å². The maximum atomic E-state index is 12.2. The molecule has 0 fully saturated rings. The zero-order chi connectivity index (χ0) is 23.0. The molecule has 166 valence electrons. The normalized spacial score (nSPS) is 10.7. The number of aromatic nitrogens is 2. The molecular formula is C29H29N3O. The van der Waals surface area contributed by atoms with Crippen molar-refractivity contribution in [3.63, 3.8) is 0 Å². The first-order valence-corrected chi connectivity index (χ1v) is 11.2. The van der Waals surface area contributed by atoms with Gasteiger partial charge in [0, 0.05) is 30.7 Å². The average molecular weight is 436 g/mol. The van der Waals surface area contributed by atoms with Crippen molar-refractivity contribution in [1.29, 1.82) is 0 Å². The van der Waals surface area contributed by atoms with Crippen molar-refractivity contribution >= 4 is 5.91 Å². The molecule has 4 nitrogen and oxygen atoms in total. The first kappa shape index (κ1) is 22.3. The van der Waals surface area contributed by atoms with Gasteiger partial charge in [-0.2, -0.15) is 0 Å². The van der Waals surface area contributed by atoms with Gasteiger partial charge in [0.2, 0.25) is 5.91 Å². The fourth-order valence-electron chi connectivity index (χ4n) is 3.91. The van der Waals surface area contributed by atoms with Gasteiger partial charge in [-0.15, -0.1) is 0 Å². The van der Waals surface area contributed by atoms with Crippen LogP contribution in [0, 0.1) is 0 Å². The molecule has 33 heavy (non-hydrogen) atoms. The van der Waals surface area contributed by atoms with Crippen molar-refractivity contribution in [1.82, 2.24) is 14.9 Å². The first-order valence-electron chi connectivity index (χ1n) is 11.2. The molecule has 1 heterocycles. The van der Waals surface area contributed by atoms with Gasteiger partial charge in [0.05, 0.1) is 12.2 Å². The first-order chi connectivity index (χ1) is 16.1. The van der Waals surface area contributed by atoms with Crippen LogP contribution < -0.4 is 5.32 Å². The van der Waals surface area contributed by atoms with Gasteiger partial charge in [0.15, 0.2) is 0 Å². The maximum absolute atomic E-state index is 12.2. The van der Waals surface area contributed by atoms with Gasteiger partial charge in [0.1, 0.15) is 5.82 Å². The lowest BCUT2D eigenvalue weighted by molar-refractivity contribution is -0.117. The quantitative estimate of drug-likeness (QED) is 0.362. The third-order valence-electron chi connectivity index (χ3n) is 5.64. The minimum Gasteiger partial charge on any atom is -0.345 e. The Morgan fingerprint density at radius 2 is 1.33 bits per heavy atom. The van der Waals surface area contributed by atoms with E-state index in [1.807, 2.05) is 18.2 Å². The molecule has 0 saturated carbocycles. The standard InChI is InChI=1S/C29H29N3O/c1-22(2)29(33)30-20-28-31-26(18-23-12-6-3-7-13-23)27(19-24-14-8-4-9-15-24)32(28)21-25-16-10-5-11-17-25/h3-17H,1,18-21H2,2H3,(H,30,33).